The van der Waals surface area contributed by atoms with E-state index in [2.05, 4.69) is 13.0 Å². The molecule has 0 saturated heterocycles. The predicted octanol–water partition coefficient (Wildman–Crippen LogP) is 3.48. The van der Waals surface area contributed by atoms with Crippen LogP contribution < -0.4 is 0 Å². The highest BCUT2D eigenvalue weighted by Gasteiger charge is 2.41. The number of hydrogen-bond acceptors (Lipinski definition) is 5. The number of rotatable bonds is 10. The zero-order chi connectivity index (χ0) is 17.2. The molecule has 0 radical (unpaired) electrons. The van der Waals surface area contributed by atoms with Crippen molar-refractivity contribution in [2.45, 2.75) is 60.3 Å². The summed E-state index contributed by atoms with van der Waals surface area (Å²) < 4.78 is 10.0. The first-order chi connectivity index (χ1) is 10.3. The molecule has 2 atom stereocenters. The summed E-state index contributed by atoms with van der Waals surface area (Å²) >= 11 is 0. The van der Waals surface area contributed by atoms with Gasteiger partial charge >= 0.3 is 11.9 Å². The SMILES string of the molecule is CCCCC(C)(C)C(C#N)C(CC(=O)OCC)C(=O)OCC. The van der Waals surface area contributed by atoms with E-state index in [0.717, 1.165) is 19.3 Å². The van der Waals surface area contributed by atoms with E-state index >= 15 is 0 Å². The molecule has 126 valence electrons. The van der Waals surface area contributed by atoms with Gasteiger partial charge in [0.05, 0.1) is 37.5 Å². The zero-order valence-electron chi connectivity index (χ0n) is 14.5. The van der Waals surface area contributed by atoms with E-state index in [1.807, 2.05) is 13.8 Å². The molecule has 22 heavy (non-hydrogen) atoms. The molecule has 5 nitrogen and oxygen atoms in total. The van der Waals surface area contributed by atoms with Crippen LogP contribution in [0.4, 0.5) is 0 Å². The second kappa shape index (κ2) is 10.2. The Morgan fingerprint density at radius 3 is 2.18 bits per heavy atom. The first kappa shape index (κ1) is 20.4. The van der Waals surface area contributed by atoms with Crippen LogP contribution in [0.5, 0.6) is 0 Å². The van der Waals surface area contributed by atoms with Gasteiger partial charge in [0.15, 0.2) is 0 Å². The third kappa shape index (κ3) is 6.46. The molecule has 2 unspecified atom stereocenters. The van der Waals surface area contributed by atoms with E-state index in [9.17, 15) is 14.9 Å². The van der Waals surface area contributed by atoms with E-state index in [1.54, 1.807) is 13.8 Å². The van der Waals surface area contributed by atoms with Crippen molar-refractivity contribution < 1.29 is 19.1 Å². The van der Waals surface area contributed by atoms with Crippen LogP contribution in [0, 0.1) is 28.6 Å². The smallest absolute Gasteiger partial charge is 0.310 e. The Hall–Kier alpha value is -1.57. The molecular weight excluding hydrogens is 282 g/mol. The van der Waals surface area contributed by atoms with Crippen LogP contribution in [0.2, 0.25) is 0 Å². The van der Waals surface area contributed by atoms with Crippen molar-refractivity contribution in [3.8, 4) is 6.07 Å². The number of hydrogen-bond donors (Lipinski definition) is 0. The number of unbranched alkanes of at least 4 members (excludes halogenated alkanes) is 1. The van der Waals surface area contributed by atoms with Crippen molar-refractivity contribution in [1.82, 2.24) is 0 Å². The third-order valence-electron chi connectivity index (χ3n) is 3.84. The molecule has 0 fully saturated rings. The van der Waals surface area contributed by atoms with E-state index < -0.39 is 23.8 Å². The molecule has 0 bridgehead atoms. The fourth-order valence-corrected chi connectivity index (χ4v) is 2.58. The normalized spacial score (nSPS) is 13.8. The van der Waals surface area contributed by atoms with Gasteiger partial charge in [-0.3, -0.25) is 9.59 Å². The van der Waals surface area contributed by atoms with Gasteiger partial charge < -0.3 is 9.47 Å². The van der Waals surface area contributed by atoms with Crippen LogP contribution in [0.25, 0.3) is 0 Å². The van der Waals surface area contributed by atoms with E-state index in [-0.39, 0.29) is 25.0 Å². The van der Waals surface area contributed by atoms with Gasteiger partial charge in [-0.2, -0.15) is 5.26 Å². The molecule has 0 heterocycles. The first-order valence-corrected chi connectivity index (χ1v) is 8.05. The average molecular weight is 311 g/mol. The molecule has 0 aromatic heterocycles. The highest BCUT2D eigenvalue weighted by molar-refractivity contribution is 5.80. The molecule has 0 N–H and O–H groups in total. The van der Waals surface area contributed by atoms with Gasteiger partial charge in [0.2, 0.25) is 0 Å². The molecule has 0 aliphatic carbocycles. The van der Waals surface area contributed by atoms with Crippen molar-refractivity contribution >= 4 is 11.9 Å². The highest BCUT2D eigenvalue weighted by atomic mass is 16.5. The lowest BCUT2D eigenvalue weighted by atomic mass is 9.69. The highest BCUT2D eigenvalue weighted by Crippen LogP contribution is 2.39. The molecule has 0 amide bonds. The minimum atomic E-state index is -0.782. The fraction of sp³-hybridized carbons (Fsp3) is 0.824. The number of esters is 2. The van der Waals surface area contributed by atoms with E-state index in [4.69, 9.17) is 9.47 Å². The molecule has 0 aromatic rings. The summed E-state index contributed by atoms with van der Waals surface area (Å²) in [4.78, 5) is 24.0. The summed E-state index contributed by atoms with van der Waals surface area (Å²) in [5.74, 6) is -2.32. The van der Waals surface area contributed by atoms with Crippen LogP contribution in [0.15, 0.2) is 0 Å². The van der Waals surface area contributed by atoms with Gasteiger partial charge in [-0.25, -0.2) is 0 Å². The molecule has 0 rings (SSSR count). The van der Waals surface area contributed by atoms with Crippen molar-refractivity contribution in [1.29, 1.82) is 5.26 Å². The second-order valence-electron chi connectivity index (χ2n) is 6.07. The molecular formula is C17H29NO4. The quantitative estimate of drug-likeness (QED) is 0.577. The molecule has 0 saturated carbocycles. The average Bonchev–Trinajstić information content (AvgIpc) is 2.45. The Labute approximate surface area is 134 Å². The minimum Gasteiger partial charge on any atom is -0.466 e. The standard InChI is InChI=1S/C17H29NO4/c1-6-9-10-17(4,5)14(12-18)13(16(20)22-8-3)11-15(19)21-7-2/h13-14H,6-11H2,1-5H3. The monoisotopic (exact) mass is 311 g/mol. The fourth-order valence-electron chi connectivity index (χ4n) is 2.58. The Bertz CT molecular complexity index is 398. The van der Waals surface area contributed by atoms with E-state index in [1.165, 1.54) is 0 Å². The zero-order valence-corrected chi connectivity index (χ0v) is 14.5. The van der Waals surface area contributed by atoms with Crippen LogP contribution >= 0.6 is 0 Å². The van der Waals surface area contributed by atoms with Crippen LogP contribution in [-0.2, 0) is 19.1 Å². The van der Waals surface area contributed by atoms with Crippen LogP contribution in [0.3, 0.4) is 0 Å². The minimum absolute atomic E-state index is 0.111. The number of carbonyl (C=O) groups excluding carboxylic acids is 2. The number of carbonyl (C=O) groups is 2. The molecule has 0 aliphatic heterocycles. The number of nitriles is 1. The van der Waals surface area contributed by atoms with Gasteiger partial charge in [0, 0.05) is 0 Å². The van der Waals surface area contributed by atoms with E-state index in [0.29, 0.717) is 0 Å². The first-order valence-electron chi connectivity index (χ1n) is 8.05. The summed E-state index contributed by atoms with van der Waals surface area (Å²) in [6.45, 7) is 9.92. The Morgan fingerprint density at radius 2 is 1.73 bits per heavy atom. The largest absolute Gasteiger partial charge is 0.466 e. The Morgan fingerprint density at radius 1 is 1.14 bits per heavy atom. The molecule has 0 spiro atoms. The van der Waals surface area contributed by atoms with Crippen LogP contribution in [-0.4, -0.2) is 25.2 Å². The van der Waals surface area contributed by atoms with Gasteiger partial charge in [-0.1, -0.05) is 33.6 Å². The van der Waals surface area contributed by atoms with Gasteiger partial charge in [0.25, 0.3) is 0 Å². The predicted molar refractivity (Wildman–Crippen MR) is 83.8 cm³/mol. The third-order valence-corrected chi connectivity index (χ3v) is 3.84. The summed E-state index contributed by atoms with van der Waals surface area (Å²) in [5.41, 5.74) is -0.366. The number of nitrogens with zero attached hydrogens (tertiary/aromatic N) is 1. The Balaban J connectivity index is 5.28. The lowest BCUT2D eigenvalue weighted by Crippen LogP contribution is -2.37. The van der Waals surface area contributed by atoms with Crippen molar-refractivity contribution in [3.63, 3.8) is 0 Å². The molecule has 0 aromatic carbocycles. The summed E-state index contributed by atoms with van der Waals surface area (Å²) in [7, 11) is 0. The summed E-state index contributed by atoms with van der Waals surface area (Å²) in [5, 5.41) is 9.58. The lowest BCUT2D eigenvalue weighted by molar-refractivity contribution is -0.157. The Kier molecular flexibility index (Phi) is 9.48. The molecule has 5 heteroatoms. The van der Waals surface area contributed by atoms with Crippen molar-refractivity contribution in [2.24, 2.45) is 17.3 Å². The van der Waals surface area contributed by atoms with Crippen molar-refractivity contribution in [2.75, 3.05) is 13.2 Å². The van der Waals surface area contributed by atoms with Gasteiger partial charge in [-0.05, 0) is 25.7 Å². The van der Waals surface area contributed by atoms with Crippen molar-refractivity contribution in [3.05, 3.63) is 0 Å². The number of ether oxygens (including phenoxy) is 2. The maximum atomic E-state index is 12.2. The van der Waals surface area contributed by atoms with Gasteiger partial charge in [-0.15, -0.1) is 0 Å². The summed E-state index contributed by atoms with van der Waals surface area (Å²) in [6.07, 6.45) is 2.70. The molecule has 0 aliphatic rings. The maximum Gasteiger partial charge on any atom is 0.310 e. The lowest BCUT2D eigenvalue weighted by Gasteiger charge is -2.33. The maximum absolute atomic E-state index is 12.2. The topological polar surface area (TPSA) is 76.4 Å². The van der Waals surface area contributed by atoms with Crippen LogP contribution in [0.1, 0.15) is 60.3 Å². The van der Waals surface area contributed by atoms with Gasteiger partial charge in [0.1, 0.15) is 0 Å². The second-order valence-corrected chi connectivity index (χ2v) is 6.07. The summed E-state index contributed by atoms with van der Waals surface area (Å²) in [6, 6.07) is 2.23.